The largest absolute Gasteiger partial charge is 0.497 e. The molecule has 1 N–H and O–H groups in total. The molecule has 0 unspecified atom stereocenters. The minimum atomic E-state index is -0.0522. The van der Waals surface area contributed by atoms with Crippen LogP contribution in [0.3, 0.4) is 0 Å². The molecule has 0 saturated carbocycles. The average Bonchev–Trinajstić information content (AvgIpc) is 3.11. The van der Waals surface area contributed by atoms with E-state index in [-0.39, 0.29) is 6.03 Å². The Balaban J connectivity index is 1.58. The summed E-state index contributed by atoms with van der Waals surface area (Å²) in [6.07, 6.45) is 3.34. The summed E-state index contributed by atoms with van der Waals surface area (Å²) < 4.78 is 5.31. The van der Waals surface area contributed by atoms with Gasteiger partial charge < -0.3 is 15.0 Å². The maximum Gasteiger partial charge on any atom is 0.317 e. The zero-order valence-electron chi connectivity index (χ0n) is 14.1. The molecule has 5 nitrogen and oxygen atoms in total. The summed E-state index contributed by atoms with van der Waals surface area (Å²) >= 11 is 1.54. The van der Waals surface area contributed by atoms with Crippen LogP contribution in [0, 0.1) is 0 Å². The Morgan fingerprint density at radius 3 is 3.12 bits per heavy atom. The topological polar surface area (TPSA) is 54.5 Å². The predicted molar refractivity (Wildman–Crippen MR) is 95.7 cm³/mol. The molecule has 1 aromatic carbocycles. The van der Waals surface area contributed by atoms with Crippen LogP contribution in [0.5, 0.6) is 5.75 Å². The number of amides is 2. The summed E-state index contributed by atoms with van der Waals surface area (Å²) in [5.74, 6) is 1.28. The third-order valence-electron chi connectivity index (χ3n) is 4.52. The molecule has 1 aromatic heterocycles. The van der Waals surface area contributed by atoms with Crippen molar-refractivity contribution in [1.29, 1.82) is 0 Å². The van der Waals surface area contributed by atoms with Gasteiger partial charge in [-0.05, 0) is 42.5 Å². The van der Waals surface area contributed by atoms with Crippen LogP contribution in [-0.2, 0) is 13.0 Å². The number of carbonyl (C=O) groups excluding carboxylic acids is 1. The number of hydrogen-bond acceptors (Lipinski definition) is 4. The van der Waals surface area contributed by atoms with E-state index in [0.29, 0.717) is 19.0 Å². The summed E-state index contributed by atoms with van der Waals surface area (Å²) in [6.45, 7) is 1.20. The van der Waals surface area contributed by atoms with Gasteiger partial charge in [0.1, 0.15) is 5.75 Å². The minimum absolute atomic E-state index is 0.0522. The summed E-state index contributed by atoms with van der Waals surface area (Å²) in [5, 5.41) is 5.03. The van der Waals surface area contributed by atoms with Crippen LogP contribution in [-0.4, -0.2) is 36.6 Å². The second kappa shape index (κ2) is 7.66. The van der Waals surface area contributed by atoms with E-state index < -0.39 is 0 Å². The molecule has 2 aromatic rings. The molecule has 1 atom stereocenters. The van der Waals surface area contributed by atoms with Gasteiger partial charge in [0.25, 0.3) is 0 Å². The number of carbonyl (C=O) groups is 1. The summed E-state index contributed by atoms with van der Waals surface area (Å²) in [7, 11) is 3.49. The number of thiazole rings is 1. The lowest BCUT2D eigenvalue weighted by Crippen LogP contribution is -2.39. The molecule has 1 aliphatic rings. The smallest absolute Gasteiger partial charge is 0.317 e. The van der Waals surface area contributed by atoms with Crippen LogP contribution < -0.4 is 10.1 Å². The molecule has 0 aliphatic heterocycles. The van der Waals surface area contributed by atoms with Crippen LogP contribution in [0.1, 0.15) is 35.6 Å². The molecule has 128 valence electrons. The fourth-order valence-electron chi connectivity index (χ4n) is 3.21. The number of nitrogens with one attached hydrogen (secondary N) is 1. The minimum Gasteiger partial charge on any atom is -0.497 e. The lowest BCUT2D eigenvalue weighted by Gasteiger charge is -2.27. The van der Waals surface area contributed by atoms with E-state index in [0.717, 1.165) is 30.7 Å². The lowest BCUT2D eigenvalue weighted by molar-refractivity contribution is 0.205. The maximum absolute atomic E-state index is 12.3. The van der Waals surface area contributed by atoms with E-state index in [1.807, 2.05) is 11.4 Å². The zero-order chi connectivity index (χ0) is 16.9. The highest BCUT2D eigenvalue weighted by Crippen LogP contribution is 2.33. The molecule has 2 amide bonds. The molecule has 24 heavy (non-hydrogen) atoms. The Labute approximate surface area is 146 Å². The summed E-state index contributed by atoms with van der Waals surface area (Å²) in [6, 6.07) is 6.22. The van der Waals surface area contributed by atoms with E-state index in [9.17, 15) is 4.79 Å². The van der Waals surface area contributed by atoms with Gasteiger partial charge in [0.2, 0.25) is 0 Å². The van der Waals surface area contributed by atoms with E-state index in [2.05, 4.69) is 22.4 Å². The van der Waals surface area contributed by atoms with Crippen molar-refractivity contribution in [1.82, 2.24) is 15.2 Å². The van der Waals surface area contributed by atoms with Crippen molar-refractivity contribution in [2.24, 2.45) is 0 Å². The highest BCUT2D eigenvalue weighted by molar-refractivity contribution is 7.07. The lowest BCUT2D eigenvalue weighted by atomic mass is 9.82. The Morgan fingerprint density at radius 1 is 1.50 bits per heavy atom. The van der Waals surface area contributed by atoms with Crippen molar-refractivity contribution in [2.75, 3.05) is 20.7 Å². The molecular formula is C18H23N3O2S. The number of nitrogens with zero attached hydrogens (tertiary/aromatic N) is 2. The van der Waals surface area contributed by atoms with E-state index in [4.69, 9.17) is 4.74 Å². The zero-order valence-corrected chi connectivity index (χ0v) is 14.9. The molecule has 1 aliphatic carbocycles. The second-order valence-electron chi connectivity index (χ2n) is 6.18. The van der Waals surface area contributed by atoms with Crippen molar-refractivity contribution >= 4 is 17.4 Å². The number of benzene rings is 1. The second-order valence-corrected chi connectivity index (χ2v) is 6.89. The third-order valence-corrected chi connectivity index (χ3v) is 5.15. The normalized spacial score (nSPS) is 16.3. The summed E-state index contributed by atoms with van der Waals surface area (Å²) in [4.78, 5) is 18.2. The van der Waals surface area contributed by atoms with Gasteiger partial charge in [0, 0.05) is 24.9 Å². The predicted octanol–water partition coefficient (Wildman–Crippen LogP) is 3.41. The van der Waals surface area contributed by atoms with Crippen LogP contribution >= 0.6 is 11.3 Å². The molecule has 0 radical (unpaired) electrons. The van der Waals surface area contributed by atoms with Crippen molar-refractivity contribution in [3.63, 3.8) is 0 Å². The first kappa shape index (κ1) is 16.8. The fourth-order valence-corrected chi connectivity index (χ4v) is 3.76. The Bertz CT molecular complexity index is 688. The maximum atomic E-state index is 12.3. The first-order chi connectivity index (χ1) is 11.7. The molecular weight excluding hydrogens is 322 g/mol. The van der Waals surface area contributed by atoms with Crippen LogP contribution in [0.15, 0.2) is 29.1 Å². The molecule has 6 heteroatoms. The number of fused-ring (bicyclic) bond motifs is 1. The number of aryl methyl sites for hydroxylation is 1. The van der Waals surface area contributed by atoms with Crippen molar-refractivity contribution < 1.29 is 9.53 Å². The first-order valence-corrected chi connectivity index (χ1v) is 9.14. The average molecular weight is 345 g/mol. The number of hydrogen-bond donors (Lipinski definition) is 1. The highest BCUT2D eigenvalue weighted by Gasteiger charge is 2.22. The van der Waals surface area contributed by atoms with E-state index >= 15 is 0 Å². The number of methoxy groups -OCH3 is 1. The molecule has 1 heterocycles. The monoisotopic (exact) mass is 345 g/mol. The van der Waals surface area contributed by atoms with Crippen LogP contribution in [0.25, 0.3) is 0 Å². The van der Waals surface area contributed by atoms with Gasteiger partial charge in [-0.1, -0.05) is 6.07 Å². The van der Waals surface area contributed by atoms with Gasteiger partial charge in [-0.15, -0.1) is 11.3 Å². The standard InChI is InChI=1S/C18H23N3O2S/c1-21(10-15-11-24-12-20-15)18(22)19-9-14-5-3-4-13-8-16(23-2)6-7-17(13)14/h6-8,11-12,14H,3-5,9-10H2,1-2H3,(H,19,22)/t14-/m1/s1. The number of rotatable bonds is 5. The van der Waals surface area contributed by atoms with Gasteiger partial charge in [-0.25, -0.2) is 9.78 Å². The summed E-state index contributed by atoms with van der Waals surface area (Å²) in [5.41, 5.74) is 5.39. The SMILES string of the molecule is COc1ccc2c(c1)CCC[C@@H]2CNC(=O)N(C)Cc1cscn1. The molecule has 0 saturated heterocycles. The van der Waals surface area contributed by atoms with Gasteiger partial charge in [-0.3, -0.25) is 0 Å². The molecule has 0 bridgehead atoms. The fraction of sp³-hybridized carbons (Fsp3) is 0.444. The molecule has 3 rings (SSSR count). The first-order valence-electron chi connectivity index (χ1n) is 8.20. The van der Waals surface area contributed by atoms with Crippen molar-refractivity contribution in [3.05, 3.63) is 45.9 Å². The van der Waals surface area contributed by atoms with Crippen LogP contribution in [0.4, 0.5) is 4.79 Å². The molecule has 0 spiro atoms. The van der Waals surface area contributed by atoms with E-state index in [1.54, 1.807) is 35.9 Å². The third kappa shape index (κ3) is 3.87. The number of ether oxygens (including phenoxy) is 1. The Morgan fingerprint density at radius 2 is 2.38 bits per heavy atom. The van der Waals surface area contributed by atoms with Gasteiger partial charge in [0.05, 0.1) is 24.9 Å². The van der Waals surface area contributed by atoms with Crippen LogP contribution in [0.2, 0.25) is 0 Å². The van der Waals surface area contributed by atoms with E-state index in [1.165, 1.54) is 11.1 Å². The van der Waals surface area contributed by atoms with Crippen molar-refractivity contribution in [3.8, 4) is 5.75 Å². The Kier molecular flexibility index (Phi) is 5.35. The Hall–Kier alpha value is -2.08. The highest BCUT2D eigenvalue weighted by atomic mass is 32.1. The van der Waals surface area contributed by atoms with Gasteiger partial charge >= 0.3 is 6.03 Å². The quantitative estimate of drug-likeness (QED) is 0.903. The number of urea groups is 1. The van der Waals surface area contributed by atoms with Crippen molar-refractivity contribution in [2.45, 2.75) is 31.7 Å². The van der Waals surface area contributed by atoms with Gasteiger partial charge in [0.15, 0.2) is 0 Å². The number of aromatic nitrogens is 1. The van der Waals surface area contributed by atoms with Gasteiger partial charge in [-0.2, -0.15) is 0 Å². The molecule has 0 fully saturated rings.